The van der Waals surface area contributed by atoms with E-state index >= 15 is 0 Å². The van der Waals surface area contributed by atoms with Crippen molar-refractivity contribution in [3.05, 3.63) is 23.8 Å². The Balaban J connectivity index is 2.58. The van der Waals surface area contributed by atoms with Crippen molar-refractivity contribution < 1.29 is 19.0 Å². The van der Waals surface area contributed by atoms with E-state index in [1.165, 1.54) is 0 Å². The maximum absolute atomic E-state index is 11.5. The third-order valence-corrected chi connectivity index (χ3v) is 2.79. The lowest BCUT2D eigenvalue weighted by molar-refractivity contribution is -0.146. The first kappa shape index (κ1) is 16.3. The first-order valence-electron chi connectivity index (χ1n) is 6.86. The smallest absolute Gasteiger partial charge is 0.344 e. The largest absolute Gasteiger partial charge is 0.497 e. The minimum atomic E-state index is -0.361. The summed E-state index contributed by atoms with van der Waals surface area (Å²) in [4.78, 5) is 11.5. The van der Waals surface area contributed by atoms with Crippen LogP contribution in [0.4, 0.5) is 0 Å². The molecule has 0 radical (unpaired) electrons. The maximum atomic E-state index is 11.5. The Hall–Kier alpha value is -1.75. The van der Waals surface area contributed by atoms with Crippen LogP contribution in [0, 0.1) is 0 Å². The van der Waals surface area contributed by atoms with Gasteiger partial charge in [0.05, 0.1) is 13.7 Å². The molecule has 0 aliphatic carbocycles. The molecule has 0 unspecified atom stereocenters. The molecule has 0 heterocycles. The number of unbranched alkanes of at least 4 members (excludes halogenated alkanes) is 1. The lowest BCUT2D eigenvalue weighted by Crippen LogP contribution is -2.16. The highest BCUT2D eigenvalue weighted by Crippen LogP contribution is 2.25. The number of ether oxygens (including phenoxy) is 3. The zero-order valence-corrected chi connectivity index (χ0v) is 12.2. The molecule has 0 aliphatic rings. The second-order valence-corrected chi connectivity index (χ2v) is 4.38. The molecule has 1 aromatic rings. The van der Waals surface area contributed by atoms with E-state index < -0.39 is 0 Å². The molecule has 1 rings (SSSR count). The van der Waals surface area contributed by atoms with E-state index in [0.717, 1.165) is 18.4 Å². The van der Waals surface area contributed by atoms with Gasteiger partial charge in [-0.15, -0.1) is 0 Å². The Morgan fingerprint density at radius 1 is 1.35 bits per heavy atom. The Labute approximate surface area is 120 Å². The van der Waals surface area contributed by atoms with Gasteiger partial charge in [0.25, 0.3) is 0 Å². The molecule has 0 aromatic heterocycles. The number of esters is 1. The molecule has 0 saturated carbocycles. The topological polar surface area (TPSA) is 70.8 Å². The number of carbonyl (C=O) groups excluding carboxylic acids is 1. The van der Waals surface area contributed by atoms with Gasteiger partial charge in [-0.2, -0.15) is 0 Å². The van der Waals surface area contributed by atoms with Crippen molar-refractivity contribution in [1.29, 1.82) is 0 Å². The van der Waals surface area contributed by atoms with Gasteiger partial charge >= 0.3 is 5.97 Å². The van der Waals surface area contributed by atoms with E-state index in [1.807, 2.05) is 19.1 Å². The molecule has 5 heteroatoms. The molecule has 5 nitrogen and oxygen atoms in total. The SMILES string of the molecule is CCCCOC(=O)COc1cc(OC)ccc1CCN. The molecule has 0 saturated heterocycles. The van der Waals surface area contributed by atoms with Crippen molar-refractivity contribution in [3.63, 3.8) is 0 Å². The van der Waals surface area contributed by atoms with Crippen molar-refractivity contribution in [2.45, 2.75) is 26.2 Å². The Bertz CT molecular complexity index is 420. The monoisotopic (exact) mass is 281 g/mol. The summed E-state index contributed by atoms with van der Waals surface area (Å²) in [5.41, 5.74) is 6.51. The van der Waals surface area contributed by atoms with Gasteiger partial charge in [0.1, 0.15) is 11.5 Å². The van der Waals surface area contributed by atoms with Crippen LogP contribution in [0.25, 0.3) is 0 Å². The number of carbonyl (C=O) groups is 1. The van der Waals surface area contributed by atoms with Crippen LogP contribution in [-0.4, -0.2) is 32.8 Å². The molecule has 20 heavy (non-hydrogen) atoms. The summed E-state index contributed by atoms with van der Waals surface area (Å²) in [5, 5.41) is 0. The van der Waals surface area contributed by atoms with Crippen LogP contribution >= 0.6 is 0 Å². The average Bonchev–Trinajstić information content (AvgIpc) is 2.46. The molecular weight excluding hydrogens is 258 g/mol. The van der Waals surface area contributed by atoms with Gasteiger partial charge in [0.15, 0.2) is 6.61 Å². The molecule has 0 fully saturated rings. The minimum Gasteiger partial charge on any atom is -0.497 e. The standard InChI is InChI=1S/C15H23NO4/c1-3-4-9-19-15(17)11-20-14-10-13(18-2)6-5-12(14)7-8-16/h5-6,10H,3-4,7-9,11,16H2,1-2H3. The third-order valence-electron chi connectivity index (χ3n) is 2.79. The second-order valence-electron chi connectivity index (χ2n) is 4.38. The first-order chi connectivity index (χ1) is 9.71. The van der Waals surface area contributed by atoms with Gasteiger partial charge in [-0.1, -0.05) is 19.4 Å². The van der Waals surface area contributed by atoms with Crippen molar-refractivity contribution in [2.75, 3.05) is 26.9 Å². The van der Waals surface area contributed by atoms with E-state index in [4.69, 9.17) is 19.9 Å². The molecule has 0 aliphatic heterocycles. The number of benzene rings is 1. The molecule has 0 bridgehead atoms. The average molecular weight is 281 g/mol. The van der Waals surface area contributed by atoms with E-state index in [1.54, 1.807) is 13.2 Å². The van der Waals surface area contributed by atoms with Gasteiger partial charge in [0.2, 0.25) is 0 Å². The molecule has 0 spiro atoms. The summed E-state index contributed by atoms with van der Waals surface area (Å²) in [6.07, 6.45) is 2.54. The molecule has 0 atom stereocenters. The maximum Gasteiger partial charge on any atom is 0.344 e. The fraction of sp³-hybridized carbons (Fsp3) is 0.533. The summed E-state index contributed by atoms with van der Waals surface area (Å²) in [6, 6.07) is 5.49. The van der Waals surface area contributed by atoms with Gasteiger partial charge in [-0.05, 0) is 31.0 Å². The van der Waals surface area contributed by atoms with Gasteiger partial charge < -0.3 is 19.9 Å². The van der Waals surface area contributed by atoms with E-state index in [-0.39, 0.29) is 12.6 Å². The van der Waals surface area contributed by atoms with Gasteiger partial charge in [-0.25, -0.2) is 4.79 Å². The zero-order chi connectivity index (χ0) is 14.8. The first-order valence-corrected chi connectivity index (χ1v) is 6.86. The minimum absolute atomic E-state index is 0.103. The third kappa shape index (κ3) is 5.48. The van der Waals surface area contributed by atoms with Crippen molar-refractivity contribution in [3.8, 4) is 11.5 Å². The fourth-order valence-electron chi connectivity index (χ4n) is 1.67. The van der Waals surface area contributed by atoms with Crippen LogP contribution < -0.4 is 15.2 Å². The Morgan fingerprint density at radius 3 is 2.80 bits per heavy atom. The summed E-state index contributed by atoms with van der Waals surface area (Å²) >= 11 is 0. The molecule has 1 aromatic carbocycles. The number of rotatable bonds is 9. The highest BCUT2D eigenvalue weighted by atomic mass is 16.6. The molecule has 2 N–H and O–H groups in total. The summed E-state index contributed by atoms with van der Waals surface area (Å²) in [7, 11) is 1.58. The van der Waals surface area contributed by atoms with Crippen molar-refractivity contribution in [1.82, 2.24) is 0 Å². The van der Waals surface area contributed by atoms with Crippen LogP contribution in [-0.2, 0) is 16.0 Å². The lowest BCUT2D eigenvalue weighted by atomic mass is 10.1. The number of hydrogen-bond acceptors (Lipinski definition) is 5. The van der Waals surface area contributed by atoms with Crippen LogP contribution in [0.3, 0.4) is 0 Å². The molecular formula is C15H23NO4. The van der Waals surface area contributed by atoms with Crippen LogP contribution in [0.15, 0.2) is 18.2 Å². The number of hydrogen-bond donors (Lipinski definition) is 1. The number of nitrogens with two attached hydrogens (primary N) is 1. The summed E-state index contributed by atoms with van der Waals surface area (Å²) < 4.78 is 15.7. The van der Waals surface area contributed by atoms with E-state index in [0.29, 0.717) is 31.1 Å². The number of methoxy groups -OCH3 is 1. The quantitative estimate of drug-likeness (QED) is 0.553. The van der Waals surface area contributed by atoms with Crippen molar-refractivity contribution in [2.24, 2.45) is 5.73 Å². The van der Waals surface area contributed by atoms with Crippen LogP contribution in [0.5, 0.6) is 11.5 Å². The predicted octanol–water partition coefficient (Wildman–Crippen LogP) is 1.92. The second kappa shape index (κ2) is 9.20. The van der Waals surface area contributed by atoms with Crippen LogP contribution in [0.1, 0.15) is 25.3 Å². The zero-order valence-electron chi connectivity index (χ0n) is 12.2. The summed E-state index contributed by atoms with van der Waals surface area (Å²) in [6.45, 7) is 2.89. The fourth-order valence-corrected chi connectivity index (χ4v) is 1.67. The highest BCUT2D eigenvalue weighted by Gasteiger charge is 2.09. The predicted molar refractivity (Wildman–Crippen MR) is 77.1 cm³/mol. The Morgan fingerprint density at radius 2 is 2.15 bits per heavy atom. The lowest BCUT2D eigenvalue weighted by Gasteiger charge is -2.12. The highest BCUT2D eigenvalue weighted by molar-refractivity contribution is 5.71. The van der Waals surface area contributed by atoms with Crippen molar-refractivity contribution >= 4 is 5.97 Å². The van der Waals surface area contributed by atoms with E-state index in [9.17, 15) is 4.79 Å². The van der Waals surface area contributed by atoms with Gasteiger partial charge in [0, 0.05) is 6.07 Å². The van der Waals surface area contributed by atoms with Gasteiger partial charge in [-0.3, -0.25) is 0 Å². The van der Waals surface area contributed by atoms with E-state index in [2.05, 4.69) is 0 Å². The Kier molecular flexibility index (Phi) is 7.50. The van der Waals surface area contributed by atoms with Crippen LogP contribution in [0.2, 0.25) is 0 Å². The molecule has 112 valence electrons. The summed E-state index contributed by atoms with van der Waals surface area (Å²) in [5.74, 6) is 0.933. The molecule has 0 amide bonds. The normalized spacial score (nSPS) is 10.2.